The number of carbonyl (C=O) groups is 2. The lowest BCUT2D eigenvalue weighted by atomic mass is 10.0. The molecule has 7 heteroatoms. The Morgan fingerprint density at radius 1 is 1.21 bits per heavy atom. The van der Waals surface area contributed by atoms with Crippen LogP contribution in [0, 0.1) is 17.2 Å². The molecule has 1 aromatic carbocycles. The summed E-state index contributed by atoms with van der Waals surface area (Å²) in [5, 5.41) is 12.5. The van der Waals surface area contributed by atoms with Gasteiger partial charge in [-0.3, -0.25) is 4.79 Å². The van der Waals surface area contributed by atoms with Gasteiger partial charge in [0.15, 0.2) is 0 Å². The van der Waals surface area contributed by atoms with E-state index in [2.05, 4.69) is 11.4 Å². The van der Waals surface area contributed by atoms with Crippen LogP contribution in [0.4, 0.5) is 0 Å². The van der Waals surface area contributed by atoms with Gasteiger partial charge >= 0.3 is 5.97 Å². The van der Waals surface area contributed by atoms with E-state index in [1.807, 2.05) is 38.2 Å². The number of nitrogens with one attached hydrogen (secondary N) is 1. The molecule has 29 heavy (non-hydrogen) atoms. The summed E-state index contributed by atoms with van der Waals surface area (Å²) in [4.78, 5) is 25.2. The number of hydrogen-bond donors (Lipinski definition) is 1. The predicted molar refractivity (Wildman–Crippen MR) is 109 cm³/mol. The largest absolute Gasteiger partial charge is 0.459 e. The standard InChI is InChI=1S/C22H20ClN3O3/c1-14(2)20(25-21(27)16-7-3-4-8-18(16)23)22(28)29-13-15-12-26-10-6-5-9-19(26)17(15)11-24/h3-10,12,14,20H,13H2,1-2H3,(H,25,27)/t20-/m1/s1. The van der Waals surface area contributed by atoms with Crippen molar-refractivity contribution in [2.24, 2.45) is 5.92 Å². The molecular formula is C22H20ClN3O3. The summed E-state index contributed by atoms with van der Waals surface area (Å²) in [6.07, 6.45) is 3.58. The predicted octanol–water partition coefficient (Wildman–Crippen LogP) is 3.96. The smallest absolute Gasteiger partial charge is 0.329 e. The molecule has 0 radical (unpaired) electrons. The van der Waals surface area contributed by atoms with E-state index >= 15 is 0 Å². The highest BCUT2D eigenvalue weighted by molar-refractivity contribution is 6.33. The van der Waals surface area contributed by atoms with Crippen molar-refractivity contribution in [1.29, 1.82) is 5.26 Å². The van der Waals surface area contributed by atoms with E-state index in [1.165, 1.54) is 0 Å². The Kier molecular flexibility index (Phi) is 6.20. The highest BCUT2D eigenvalue weighted by Gasteiger charge is 2.27. The number of nitriles is 1. The molecular weight excluding hydrogens is 390 g/mol. The van der Waals surface area contributed by atoms with Crippen LogP contribution < -0.4 is 5.32 Å². The molecule has 0 aliphatic heterocycles. The number of amides is 1. The molecule has 0 aliphatic carbocycles. The average Bonchev–Trinajstić information content (AvgIpc) is 3.07. The number of pyridine rings is 1. The van der Waals surface area contributed by atoms with E-state index < -0.39 is 17.9 Å². The van der Waals surface area contributed by atoms with Crippen molar-refractivity contribution < 1.29 is 14.3 Å². The number of carbonyl (C=O) groups excluding carboxylic acids is 2. The lowest BCUT2D eigenvalue weighted by Crippen LogP contribution is -2.45. The molecule has 6 nitrogen and oxygen atoms in total. The molecule has 0 fully saturated rings. The first-order chi connectivity index (χ1) is 13.9. The molecule has 0 saturated heterocycles. The number of aromatic nitrogens is 1. The third-order valence-electron chi connectivity index (χ3n) is 4.57. The number of nitrogens with zero attached hydrogens (tertiary/aromatic N) is 2. The molecule has 1 amide bonds. The molecule has 0 spiro atoms. The van der Waals surface area contributed by atoms with Gasteiger partial charge in [-0.15, -0.1) is 0 Å². The molecule has 3 aromatic rings. The van der Waals surface area contributed by atoms with Crippen molar-refractivity contribution in [2.75, 3.05) is 0 Å². The topological polar surface area (TPSA) is 83.6 Å². The molecule has 1 N–H and O–H groups in total. The van der Waals surface area contributed by atoms with Crippen LogP contribution in [0.25, 0.3) is 5.52 Å². The van der Waals surface area contributed by atoms with E-state index in [0.717, 1.165) is 5.52 Å². The summed E-state index contributed by atoms with van der Waals surface area (Å²) in [6, 6.07) is 13.4. The van der Waals surface area contributed by atoms with Gasteiger partial charge < -0.3 is 14.5 Å². The van der Waals surface area contributed by atoms with Crippen LogP contribution in [0.15, 0.2) is 54.9 Å². The summed E-state index contributed by atoms with van der Waals surface area (Å²) in [7, 11) is 0. The Morgan fingerprint density at radius 3 is 2.62 bits per heavy atom. The maximum Gasteiger partial charge on any atom is 0.329 e. The highest BCUT2D eigenvalue weighted by atomic mass is 35.5. The summed E-state index contributed by atoms with van der Waals surface area (Å²) >= 11 is 6.07. The van der Waals surface area contributed by atoms with Crippen LogP contribution in [0.5, 0.6) is 0 Å². The van der Waals surface area contributed by atoms with Crippen LogP contribution in [0.3, 0.4) is 0 Å². The van der Waals surface area contributed by atoms with Gasteiger partial charge in [0.05, 0.1) is 21.7 Å². The SMILES string of the molecule is CC(C)[C@@H](NC(=O)c1ccccc1Cl)C(=O)OCc1cn2ccccc2c1C#N. The Labute approximate surface area is 173 Å². The van der Waals surface area contributed by atoms with Gasteiger partial charge in [-0.05, 0) is 30.2 Å². The molecule has 0 unspecified atom stereocenters. The van der Waals surface area contributed by atoms with Crippen molar-refractivity contribution >= 4 is 29.0 Å². The summed E-state index contributed by atoms with van der Waals surface area (Å²) in [5.74, 6) is -1.21. The molecule has 148 valence electrons. The molecule has 0 bridgehead atoms. The summed E-state index contributed by atoms with van der Waals surface area (Å²) < 4.78 is 7.25. The first-order valence-corrected chi connectivity index (χ1v) is 9.51. The van der Waals surface area contributed by atoms with Crippen molar-refractivity contribution in [3.05, 3.63) is 76.6 Å². The third kappa shape index (κ3) is 4.41. The minimum Gasteiger partial charge on any atom is -0.459 e. The molecule has 0 aliphatic rings. The molecule has 2 heterocycles. The number of rotatable bonds is 6. The van der Waals surface area contributed by atoms with Gasteiger partial charge in [0, 0.05) is 18.0 Å². The number of esters is 1. The number of fused-ring (bicyclic) bond motifs is 1. The monoisotopic (exact) mass is 409 g/mol. The van der Waals surface area contributed by atoms with Gasteiger partial charge in [0.1, 0.15) is 18.7 Å². The van der Waals surface area contributed by atoms with E-state index in [9.17, 15) is 14.9 Å². The maximum absolute atomic E-state index is 12.7. The summed E-state index contributed by atoms with van der Waals surface area (Å²) in [6.45, 7) is 3.56. The molecule has 1 atom stereocenters. The normalized spacial score (nSPS) is 11.8. The second-order valence-corrected chi connectivity index (χ2v) is 7.32. The fraction of sp³-hybridized carbons (Fsp3) is 0.227. The van der Waals surface area contributed by atoms with Crippen molar-refractivity contribution in [2.45, 2.75) is 26.5 Å². The van der Waals surface area contributed by atoms with E-state index in [4.69, 9.17) is 16.3 Å². The Balaban J connectivity index is 1.73. The zero-order valence-electron chi connectivity index (χ0n) is 16.1. The summed E-state index contributed by atoms with van der Waals surface area (Å²) in [5.41, 5.74) is 2.10. The number of hydrogen-bond acceptors (Lipinski definition) is 4. The maximum atomic E-state index is 12.7. The molecule has 3 rings (SSSR count). The zero-order valence-corrected chi connectivity index (χ0v) is 16.8. The Hall–Kier alpha value is -3.30. The fourth-order valence-corrected chi connectivity index (χ4v) is 3.24. The van der Waals surface area contributed by atoms with Gasteiger partial charge in [-0.1, -0.05) is 43.6 Å². The van der Waals surface area contributed by atoms with Crippen molar-refractivity contribution in [3.63, 3.8) is 0 Å². The minimum atomic E-state index is -0.846. The molecule has 2 aromatic heterocycles. The van der Waals surface area contributed by atoms with Crippen LogP contribution in [-0.2, 0) is 16.1 Å². The third-order valence-corrected chi connectivity index (χ3v) is 4.90. The van der Waals surface area contributed by atoms with Crippen molar-refractivity contribution in [1.82, 2.24) is 9.72 Å². The van der Waals surface area contributed by atoms with Gasteiger partial charge in [-0.25, -0.2) is 4.79 Å². The van der Waals surface area contributed by atoms with Crippen LogP contribution in [0.1, 0.15) is 35.3 Å². The van der Waals surface area contributed by atoms with Crippen LogP contribution in [0.2, 0.25) is 5.02 Å². The molecule has 0 saturated carbocycles. The van der Waals surface area contributed by atoms with E-state index in [1.54, 1.807) is 34.9 Å². The first kappa shape index (κ1) is 20.4. The lowest BCUT2D eigenvalue weighted by molar-refractivity contribution is -0.148. The van der Waals surface area contributed by atoms with E-state index in [0.29, 0.717) is 16.1 Å². The Morgan fingerprint density at radius 2 is 1.93 bits per heavy atom. The van der Waals surface area contributed by atoms with Gasteiger partial charge in [0.25, 0.3) is 5.91 Å². The highest BCUT2D eigenvalue weighted by Crippen LogP contribution is 2.20. The zero-order chi connectivity index (χ0) is 21.0. The lowest BCUT2D eigenvalue weighted by Gasteiger charge is -2.21. The van der Waals surface area contributed by atoms with Gasteiger partial charge in [0.2, 0.25) is 0 Å². The Bertz CT molecular complexity index is 1100. The fourth-order valence-electron chi connectivity index (χ4n) is 3.02. The number of ether oxygens (including phenoxy) is 1. The number of benzene rings is 1. The van der Waals surface area contributed by atoms with Crippen LogP contribution >= 0.6 is 11.6 Å². The number of halogens is 1. The second kappa shape index (κ2) is 8.80. The van der Waals surface area contributed by atoms with Gasteiger partial charge in [-0.2, -0.15) is 5.26 Å². The second-order valence-electron chi connectivity index (χ2n) is 6.92. The first-order valence-electron chi connectivity index (χ1n) is 9.13. The van der Waals surface area contributed by atoms with Crippen molar-refractivity contribution in [3.8, 4) is 6.07 Å². The minimum absolute atomic E-state index is 0.0609. The average molecular weight is 410 g/mol. The van der Waals surface area contributed by atoms with Crippen LogP contribution in [-0.4, -0.2) is 22.3 Å². The van der Waals surface area contributed by atoms with E-state index in [-0.39, 0.29) is 18.1 Å². The quantitative estimate of drug-likeness (QED) is 0.624.